The summed E-state index contributed by atoms with van der Waals surface area (Å²) in [6, 6.07) is 15.6. The van der Waals surface area contributed by atoms with Crippen LogP contribution in [0.3, 0.4) is 0 Å². The van der Waals surface area contributed by atoms with Gasteiger partial charge in [0.15, 0.2) is 5.84 Å². The molecule has 0 unspecified atom stereocenters. The first kappa shape index (κ1) is 11.7. The van der Waals surface area contributed by atoms with Crippen molar-refractivity contribution in [2.24, 2.45) is 15.7 Å². The highest BCUT2D eigenvalue weighted by molar-refractivity contribution is 6.22. The number of amidine groups is 2. The van der Waals surface area contributed by atoms with E-state index in [-0.39, 0.29) is 0 Å². The van der Waals surface area contributed by atoms with Crippen molar-refractivity contribution in [2.75, 3.05) is 5.73 Å². The number of hydrogen-bond acceptors (Lipinski definition) is 3. The number of anilines is 1. The summed E-state index contributed by atoms with van der Waals surface area (Å²) in [4.78, 5) is 12.1. The average Bonchev–Trinajstić information content (AvgIpc) is 3.00. The van der Waals surface area contributed by atoms with Gasteiger partial charge in [-0.3, -0.25) is 0 Å². The molecule has 0 radical (unpaired) electrons. The van der Waals surface area contributed by atoms with Gasteiger partial charge in [0, 0.05) is 21.9 Å². The number of aromatic amines is 1. The number of aromatic nitrogens is 1. The summed E-state index contributed by atoms with van der Waals surface area (Å²) < 4.78 is 0. The second kappa shape index (κ2) is 4.21. The van der Waals surface area contributed by atoms with Crippen LogP contribution in [0.2, 0.25) is 0 Å². The van der Waals surface area contributed by atoms with Crippen LogP contribution in [-0.4, -0.2) is 16.7 Å². The lowest BCUT2D eigenvalue weighted by atomic mass is 10.1. The van der Waals surface area contributed by atoms with Crippen LogP contribution in [0, 0.1) is 0 Å². The maximum absolute atomic E-state index is 5.99. The summed E-state index contributed by atoms with van der Waals surface area (Å²) >= 11 is 0. The molecular weight excluding hydrogens is 262 g/mol. The third-order valence-corrected chi connectivity index (χ3v) is 3.61. The predicted octanol–water partition coefficient (Wildman–Crippen LogP) is 2.55. The normalized spacial score (nSPS) is 15.4. The van der Waals surface area contributed by atoms with E-state index in [1.807, 2.05) is 48.5 Å². The fourth-order valence-electron chi connectivity index (χ4n) is 2.60. The maximum Gasteiger partial charge on any atom is 0.164 e. The molecule has 1 aliphatic heterocycles. The van der Waals surface area contributed by atoms with Crippen LogP contribution < -0.4 is 11.5 Å². The van der Waals surface area contributed by atoms with Gasteiger partial charge in [-0.15, -0.1) is 0 Å². The van der Waals surface area contributed by atoms with Gasteiger partial charge < -0.3 is 16.5 Å². The number of nitrogen functional groups attached to an aromatic ring is 1. The van der Waals surface area contributed by atoms with Crippen molar-refractivity contribution in [1.29, 1.82) is 0 Å². The molecule has 0 atom stereocenters. The molecule has 0 saturated heterocycles. The van der Waals surface area contributed by atoms with Gasteiger partial charge in [0.1, 0.15) is 17.5 Å². The van der Waals surface area contributed by atoms with Crippen LogP contribution in [0.4, 0.5) is 11.6 Å². The molecule has 0 aliphatic carbocycles. The zero-order chi connectivity index (χ0) is 14.4. The molecule has 5 heteroatoms. The van der Waals surface area contributed by atoms with Gasteiger partial charge in [0.25, 0.3) is 0 Å². The van der Waals surface area contributed by atoms with Crippen LogP contribution in [0.15, 0.2) is 58.5 Å². The molecule has 4 rings (SSSR count). The van der Waals surface area contributed by atoms with E-state index in [4.69, 9.17) is 11.5 Å². The van der Waals surface area contributed by atoms with Crippen molar-refractivity contribution in [1.82, 2.24) is 4.98 Å². The Hall–Kier alpha value is -3.08. The van der Waals surface area contributed by atoms with Crippen molar-refractivity contribution in [3.8, 4) is 0 Å². The molecule has 0 saturated carbocycles. The topological polar surface area (TPSA) is 92.5 Å². The number of aliphatic imine (C=N–C) groups is 2. The number of nitrogens with two attached hydrogens (primary N) is 2. The highest BCUT2D eigenvalue weighted by Crippen LogP contribution is 2.31. The van der Waals surface area contributed by atoms with Crippen molar-refractivity contribution in [2.45, 2.75) is 0 Å². The van der Waals surface area contributed by atoms with Crippen molar-refractivity contribution in [3.05, 3.63) is 59.7 Å². The van der Waals surface area contributed by atoms with Crippen LogP contribution in [-0.2, 0) is 0 Å². The summed E-state index contributed by atoms with van der Waals surface area (Å²) in [6.45, 7) is 0. The monoisotopic (exact) mass is 275 g/mol. The van der Waals surface area contributed by atoms with Crippen LogP contribution in [0.5, 0.6) is 0 Å². The Morgan fingerprint density at radius 3 is 2.33 bits per heavy atom. The van der Waals surface area contributed by atoms with Gasteiger partial charge in [0.2, 0.25) is 0 Å². The number of nitrogens with zero attached hydrogens (tertiary/aromatic N) is 2. The summed E-state index contributed by atoms with van der Waals surface area (Å²) in [5.41, 5.74) is 13.8. The summed E-state index contributed by atoms with van der Waals surface area (Å²) in [5, 5.41) is 1.93. The molecule has 2 aromatic carbocycles. The Kier molecular flexibility index (Phi) is 2.35. The van der Waals surface area contributed by atoms with Crippen LogP contribution >= 0.6 is 0 Å². The number of rotatable bonds is 1. The third-order valence-electron chi connectivity index (χ3n) is 3.61. The largest absolute Gasteiger partial charge is 0.385 e. The predicted molar refractivity (Wildman–Crippen MR) is 86.1 cm³/mol. The molecule has 0 fully saturated rings. The van der Waals surface area contributed by atoms with E-state index in [1.54, 1.807) is 0 Å². The van der Waals surface area contributed by atoms with Crippen LogP contribution in [0.1, 0.15) is 11.1 Å². The highest BCUT2D eigenvalue weighted by atomic mass is 15.1. The Labute approximate surface area is 121 Å². The zero-order valence-corrected chi connectivity index (χ0v) is 11.2. The second-order valence-electron chi connectivity index (χ2n) is 4.91. The first-order valence-electron chi connectivity index (χ1n) is 6.63. The summed E-state index contributed by atoms with van der Waals surface area (Å²) in [6.07, 6.45) is 0. The molecule has 0 spiro atoms. The SMILES string of the molecule is NC1=N/C(=N\c2[nH]c(N)c3ccccc23)c2ccccc21. The molecule has 21 heavy (non-hydrogen) atoms. The van der Waals surface area contributed by atoms with Gasteiger partial charge in [-0.25, -0.2) is 9.98 Å². The smallest absolute Gasteiger partial charge is 0.164 e. The van der Waals surface area contributed by atoms with E-state index in [2.05, 4.69) is 15.0 Å². The van der Waals surface area contributed by atoms with Gasteiger partial charge in [-0.05, 0) is 0 Å². The van der Waals surface area contributed by atoms with Gasteiger partial charge in [0.05, 0.1) is 0 Å². The third kappa shape index (κ3) is 1.71. The molecule has 0 bridgehead atoms. The van der Waals surface area contributed by atoms with E-state index < -0.39 is 0 Å². The second-order valence-corrected chi connectivity index (χ2v) is 4.91. The molecule has 0 amide bonds. The first-order valence-corrected chi connectivity index (χ1v) is 6.63. The minimum absolute atomic E-state index is 0.494. The van der Waals surface area contributed by atoms with Gasteiger partial charge >= 0.3 is 0 Å². The molecule has 1 aromatic heterocycles. The maximum atomic E-state index is 5.99. The molecule has 102 valence electrons. The van der Waals surface area contributed by atoms with Gasteiger partial charge in [-0.2, -0.15) is 0 Å². The Balaban J connectivity index is 1.93. The van der Waals surface area contributed by atoms with Crippen molar-refractivity contribution < 1.29 is 0 Å². The number of fused-ring (bicyclic) bond motifs is 2. The molecular formula is C16H13N5. The Morgan fingerprint density at radius 1 is 0.857 bits per heavy atom. The van der Waals surface area contributed by atoms with Crippen molar-refractivity contribution >= 4 is 34.1 Å². The van der Waals surface area contributed by atoms with E-state index >= 15 is 0 Å². The molecule has 3 aromatic rings. The number of H-pyrrole nitrogens is 1. The zero-order valence-electron chi connectivity index (χ0n) is 11.2. The van der Waals surface area contributed by atoms with E-state index in [1.165, 1.54) is 0 Å². The van der Waals surface area contributed by atoms with E-state index in [9.17, 15) is 0 Å². The lowest BCUT2D eigenvalue weighted by molar-refractivity contribution is 1.34. The Morgan fingerprint density at radius 2 is 1.52 bits per heavy atom. The van der Waals surface area contributed by atoms with Crippen LogP contribution in [0.25, 0.3) is 10.8 Å². The summed E-state index contributed by atoms with van der Waals surface area (Å²) in [5.74, 6) is 2.41. The number of hydrogen-bond donors (Lipinski definition) is 3. The molecule has 2 heterocycles. The summed E-state index contributed by atoms with van der Waals surface area (Å²) in [7, 11) is 0. The highest BCUT2D eigenvalue weighted by Gasteiger charge is 2.19. The number of benzene rings is 2. The molecule has 5 N–H and O–H groups in total. The fourth-order valence-corrected chi connectivity index (χ4v) is 2.60. The Bertz CT molecular complexity index is 917. The molecule has 1 aliphatic rings. The minimum Gasteiger partial charge on any atom is -0.385 e. The quantitative estimate of drug-likeness (QED) is 0.636. The minimum atomic E-state index is 0.494. The average molecular weight is 275 g/mol. The number of nitrogens with one attached hydrogen (secondary N) is 1. The lowest BCUT2D eigenvalue weighted by Gasteiger charge is -1.98. The fraction of sp³-hybridized carbons (Fsp3) is 0. The van der Waals surface area contributed by atoms with Gasteiger partial charge in [-0.1, -0.05) is 48.5 Å². The first-order chi connectivity index (χ1) is 10.2. The standard InChI is InChI=1S/C16H13N5/c17-13-9-5-1-3-7-11(9)15(19-13)21-16-12-8-4-2-6-10(12)14(18)20-16/h1-8,19H,17H2,(H2,18,20,21). The van der Waals surface area contributed by atoms with E-state index in [0.29, 0.717) is 23.3 Å². The van der Waals surface area contributed by atoms with E-state index in [0.717, 1.165) is 21.9 Å². The molecule has 5 nitrogen and oxygen atoms in total. The van der Waals surface area contributed by atoms with Crippen molar-refractivity contribution in [3.63, 3.8) is 0 Å². The lowest BCUT2D eigenvalue weighted by Crippen LogP contribution is -2.09.